The highest BCUT2D eigenvalue weighted by Gasteiger charge is 2.40. The SMILES string of the molecule is CNC1CCC(c2nc(C3(OC)CCOCC3)no2)CC1. The molecule has 3 rings (SSSR count). The van der Waals surface area contributed by atoms with Crippen LogP contribution in [0.5, 0.6) is 0 Å². The van der Waals surface area contributed by atoms with Crippen molar-refractivity contribution in [3.63, 3.8) is 0 Å². The summed E-state index contributed by atoms with van der Waals surface area (Å²) < 4.78 is 16.7. The number of rotatable bonds is 4. The van der Waals surface area contributed by atoms with Crippen LogP contribution in [0, 0.1) is 0 Å². The summed E-state index contributed by atoms with van der Waals surface area (Å²) in [7, 11) is 3.75. The highest BCUT2D eigenvalue weighted by Crippen LogP contribution is 2.36. The number of hydrogen-bond donors (Lipinski definition) is 1. The van der Waals surface area contributed by atoms with Crippen LogP contribution in [0.25, 0.3) is 0 Å². The Balaban J connectivity index is 1.71. The summed E-state index contributed by atoms with van der Waals surface area (Å²) in [5.74, 6) is 1.87. The maximum absolute atomic E-state index is 5.72. The molecule has 6 nitrogen and oxygen atoms in total. The van der Waals surface area contributed by atoms with Crippen molar-refractivity contribution >= 4 is 0 Å². The number of ether oxygens (including phenoxy) is 2. The number of hydrogen-bond acceptors (Lipinski definition) is 6. The minimum absolute atomic E-state index is 0.393. The van der Waals surface area contributed by atoms with Crippen molar-refractivity contribution in [1.82, 2.24) is 15.5 Å². The van der Waals surface area contributed by atoms with Crippen LogP contribution in [-0.2, 0) is 15.1 Å². The van der Waals surface area contributed by atoms with E-state index >= 15 is 0 Å². The van der Waals surface area contributed by atoms with Gasteiger partial charge in [0.15, 0.2) is 0 Å². The summed E-state index contributed by atoms with van der Waals surface area (Å²) in [6, 6.07) is 0.629. The van der Waals surface area contributed by atoms with Gasteiger partial charge in [0.25, 0.3) is 0 Å². The van der Waals surface area contributed by atoms with Crippen molar-refractivity contribution in [2.24, 2.45) is 0 Å². The molecule has 0 aromatic carbocycles. The maximum Gasteiger partial charge on any atom is 0.229 e. The van der Waals surface area contributed by atoms with Gasteiger partial charge in [0.1, 0.15) is 5.60 Å². The van der Waals surface area contributed by atoms with Gasteiger partial charge in [-0.3, -0.25) is 0 Å². The minimum Gasteiger partial charge on any atom is -0.381 e. The van der Waals surface area contributed by atoms with Gasteiger partial charge in [-0.15, -0.1) is 0 Å². The number of nitrogens with zero attached hydrogens (tertiary/aromatic N) is 2. The monoisotopic (exact) mass is 295 g/mol. The molecule has 0 atom stereocenters. The van der Waals surface area contributed by atoms with Gasteiger partial charge in [-0.05, 0) is 32.7 Å². The highest BCUT2D eigenvalue weighted by molar-refractivity contribution is 5.06. The van der Waals surface area contributed by atoms with Crippen molar-refractivity contribution in [1.29, 1.82) is 0 Å². The summed E-state index contributed by atoms with van der Waals surface area (Å²) in [6.07, 6.45) is 6.13. The van der Waals surface area contributed by atoms with E-state index in [4.69, 9.17) is 14.0 Å². The maximum atomic E-state index is 5.72. The lowest BCUT2D eigenvalue weighted by Gasteiger charge is -2.32. The third-order valence-corrected chi connectivity index (χ3v) is 5.03. The molecule has 2 fully saturated rings. The normalized spacial score (nSPS) is 29.4. The zero-order valence-electron chi connectivity index (χ0n) is 12.9. The molecule has 0 radical (unpaired) electrons. The Labute approximate surface area is 125 Å². The molecule has 1 N–H and O–H groups in total. The molecule has 1 aromatic rings. The van der Waals surface area contributed by atoms with Crippen molar-refractivity contribution in [3.05, 3.63) is 11.7 Å². The van der Waals surface area contributed by atoms with Gasteiger partial charge in [0.05, 0.1) is 0 Å². The first kappa shape index (κ1) is 14.9. The smallest absolute Gasteiger partial charge is 0.229 e. The summed E-state index contributed by atoms with van der Waals surface area (Å²) in [4.78, 5) is 4.67. The van der Waals surface area contributed by atoms with Gasteiger partial charge >= 0.3 is 0 Å². The molecule has 0 spiro atoms. The Morgan fingerprint density at radius 2 is 1.90 bits per heavy atom. The molecule has 1 saturated heterocycles. The molecule has 21 heavy (non-hydrogen) atoms. The largest absolute Gasteiger partial charge is 0.381 e. The molecule has 1 saturated carbocycles. The van der Waals surface area contributed by atoms with Crippen LogP contribution >= 0.6 is 0 Å². The molecule has 1 aliphatic carbocycles. The first-order chi connectivity index (χ1) is 10.3. The van der Waals surface area contributed by atoms with Crippen LogP contribution in [-0.4, -0.2) is 43.6 Å². The summed E-state index contributed by atoms with van der Waals surface area (Å²) in [6.45, 7) is 1.37. The topological polar surface area (TPSA) is 69.4 Å². The van der Waals surface area contributed by atoms with Crippen LogP contribution in [0.15, 0.2) is 4.52 Å². The number of methoxy groups -OCH3 is 1. The molecule has 2 heterocycles. The standard InChI is InChI=1S/C15H25N3O3/c1-16-12-5-3-11(4-6-12)13-17-14(18-21-13)15(19-2)7-9-20-10-8-15/h11-12,16H,3-10H2,1-2H3. The highest BCUT2D eigenvalue weighted by atomic mass is 16.5. The predicted molar refractivity (Wildman–Crippen MR) is 77.1 cm³/mol. The van der Waals surface area contributed by atoms with E-state index in [0.717, 1.165) is 31.6 Å². The molecule has 2 aliphatic rings. The molecule has 1 aromatic heterocycles. The van der Waals surface area contributed by atoms with E-state index < -0.39 is 5.60 Å². The van der Waals surface area contributed by atoms with Gasteiger partial charge in [0.2, 0.25) is 11.7 Å². The average Bonchev–Trinajstić information content (AvgIpc) is 3.06. The van der Waals surface area contributed by atoms with Crippen LogP contribution in [0.3, 0.4) is 0 Å². The second kappa shape index (κ2) is 6.42. The fourth-order valence-electron chi connectivity index (χ4n) is 3.44. The fraction of sp³-hybridized carbons (Fsp3) is 0.867. The van der Waals surface area contributed by atoms with Crippen molar-refractivity contribution < 1.29 is 14.0 Å². The van der Waals surface area contributed by atoms with Gasteiger partial charge in [-0.25, -0.2) is 0 Å². The van der Waals surface area contributed by atoms with Crippen LogP contribution in [0.4, 0.5) is 0 Å². The van der Waals surface area contributed by atoms with Crippen molar-refractivity contribution in [2.75, 3.05) is 27.4 Å². The van der Waals surface area contributed by atoms with E-state index in [1.807, 2.05) is 7.05 Å². The molecule has 0 bridgehead atoms. The Hall–Kier alpha value is -0.980. The van der Waals surface area contributed by atoms with Gasteiger partial charge in [0, 0.05) is 45.1 Å². The first-order valence-corrected chi connectivity index (χ1v) is 7.91. The van der Waals surface area contributed by atoms with Crippen molar-refractivity contribution in [3.8, 4) is 0 Å². The zero-order valence-corrected chi connectivity index (χ0v) is 12.9. The number of nitrogens with one attached hydrogen (secondary N) is 1. The lowest BCUT2D eigenvalue weighted by atomic mass is 9.86. The second-order valence-corrected chi connectivity index (χ2v) is 6.10. The molecular formula is C15H25N3O3. The minimum atomic E-state index is -0.428. The Kier molecular flexibility index (Phi) is 4.57. The van der Waals surface area contributed by atoms with Gasteiger partial charge < -0.3 is 19.3 Å². The first-order valence-electron chi connectivity index (χ1n) is 7.91. The van der Waals surface area contributed by atoms with Crippen LogP contribution in [0.1, 0.15) is 56.2 Å². The summed E-state index contributed by atoms with van der Waals surface area (Å²) >= 11 is 0. The van der Waals surface area contributed by atoms with Crippen LogP contribution < -0.4 is 5.32 Å². The molecule has 0 amide bonds. The Bertz CT molecular complexity index is 449. The fourth-order valence-corrected chi connectivity index (χ4v) is 3.44. The van der Waals surface area contributed by atoms with E-state index in [-0.39, 0.29) is 0 Å². The molecule has 0 unspecified atom stereocenters. The zero-order chi connectivity index (χ0) is 14.7. The molecule has 118 valence electrons. The van der Waals surface area contributed by atoms with Gasteiger partial charge in [-0.2, -0.15) is 4.98 Å². The van der Waals surface area contributed by atoms with E-state index in [0.29, 0.717) is 31.0 Å². The van der Waals surface area contributed by atoms with E-state index in [2.05, 4.69) is 15.5 Å². The summed E-state index contributed by atoms with van der Waals surface area (Å²) in [5, 5.41) is 7.56. The van der Waals surface area contributed by atoms with Gasteiger partial charge in [-0.1, -0.05) is 5.16 Å². The predicted octanol–water partition coefficient (Wildman–Crippen LogP) is 1.97. The average molecular weight is 295 g/mol. The molecule has 1 aliphatic heterocycles. The molecular weight excluding hydrogens is 270 g/mol. The van der Waals surface area contributed by atoms with Crippen LogP contribution in [0.2, 0.25) is 0 Å². The third kappa shape index (κ3) is 2.98. The summed E-state index contributed by atoms with van der Waals surface area (Å²) in [5.41, 5.74) is -0.428. The lowest BCUT2D eigenvalue weighted by Crippen LogP contribution is -2.36. The number of aromatic nitrogens is 2. The second-order valence-electron chi connectivity index (χ2n) is 6.10. The third-order valence-electron chi connectivity index (χ3n) is 5.03. The lowest BCUT2D eigenvalue weighted by molar-refractivity contribution is -0.101. The van der Waals surface area contributed by atoms with E-state index in [1.165, 1.54) is 12.8 Å². The van der Waals surface area contributed by atoms with Crippen molar-refractivity contribution in [2.45, 2.75) is 56.1 Å². The Morgan fingerprint density at radius 1 is 1.19 bits per heavy atom. The van der Waals surface area contributed by atoms with E-state index in [9.17, 15) is 0 Å². The Morgan fingerprint density at radius 3 is 2.52 bits per heavy atom. The van der Waals surface area contributed by atoms with E-state index in [1.54, 1.807) is 7.11 Å². The molecule has 6 heteroatoms. The quantitative estimate of drug-likeness (QED) is 0.916.